The number of nitrogens with zero attached hydrogens (tertiary/aromatic N) is 1. The Morgan fingerprint density at radius 3 is 2.07 bits per heavy atom. The number of hydrogen-bond acceptors (Lipinski definition) is 3. The molecule has 1 amide bonds. The quantitative estimate of drug-likeness (QED) is 0.342. The molecule has 0 aromatic heterocycles. The van der Waals surface area contributed by atoms with Gasteiger partial charge in [0.05, 0.1) is 11.2 Å². The third kappa shape index (κ3) is 5.27. The van der Waals surface area contributed by atoms with Crippen LogP contribution in [-0.4, -0.2) is 41.0 Å². The molecule has 1 aliphatic rings. The average molecular weight is 415 g/mol. The standard InChI is InChI=1S/C24H38BNO4/c1-21(2,3)17-13-10-14-18-26(20(27)28)24(8,19-15-11-9-12-16-19)25-29-22(4,5)23(6,7)30-25/h9,11-13,15-17H,10,14,18H2,1-8H3,(H,27,28)/t24-/m1/s1. The van der Waals surface area contributed by atoms with E-state index in [1.807, 2.05) is 65.0 Å². The lowest BCUT2D eigenvalue weighted by molar-refractivity contribution is 0.00578. The molecular weight excluding hydrogens is 377 g/mol. The lowest BCUT2D eigenvalue weighted by atomic mass is 9.60. The van der Waals surface area contributed by atoms with E-state index in [2.05, 4.69) is 32.9 Å². The van der Waals surface area contributed by atoms with Crippen LogP contribution in [0.4, 0.5) is 4.79 Å². The second kappa shape index (κ2) is 8.76. The van der Waals surface area contributed by atoms with Crippen LogP contribution in [-0.2, 0) is 14.7 Å². The van der Waals surface area contributed by atoms with Crippen LogP contribution in [0.1, 0.15) is 73.8 Å². The van der Waals surface area contributed by atoms with Crippen molar-refractivity contribution in [2.45, 2.75) is 84.9 Å². The summed E-state index contributed by atoms with van der Waals surface area (Å²) >= 11 is 0. The minimum Gasteiger partial charge on any atom is -0.465 e. The molecule has 5 nitrogen and oxygen atoms in total. The molecule has 30 heavy (non-hydrogen) atoms. The average Bonchev–Trinajstić information content (AvgIpc) is 2.85. The Bertz CT molecular complexity index is 738. The lowest BCUT2D eigenvalue weighted by Crippen LogP contribution is -2.58. The second-order valence-electron chi connectivity index (χ2n) is 10.4. The maximum Gasteiger partial charge on any atom is 0.490 e. The largest absolute Gasteiger partial charge is 0.490 e. The van der Waals surface area contributed by atoms with Gasteiger partial charge in [0, 0.05) is 6.54 Å². The zero-order chi connectivity index (χ0) is 22.8. The maximum absolute atomic E-state index is 12.4. The minimum absolute atomic E-state index is 0.119. The fourth-order valence-electron chi connectivity index (χ4n) is 3.60. The van der Waals surface area contributed by atoms with E-state index in [1.54, 1.807) is 0 Å². The highest BCUT2D eigenvalue weighted by molar-refractivity contribution is 6.49. The van der Waals surface area contributed by atoms with Gasteiger partial charge in [-0.15, -0.1) is 0 Å². The molecule has 1 aliphatic heterocycles. The summed E-state index contributed by atoms with van der Waals surface area (Å²) in [4.78, 5) is 13.9. The van der Waals surface area contributed by atoms with Crippen molar-refractivity contribution in [1.29, 1.82) is 0 Å². The zero-order valence-corrected chi connectivity index (χ0v) is 19.9. The van der Waals surface area contributed by atoms with Crippen molar-refractivity contribution in [3.8, 4) is 0 Å². The number of benzene rings is 1. The van der Waals surface area contributed by atoms with E-state index in [0.29, 0.717) is 6.54 Å². The van der Waals surface area contributed by atoms with Gasteiger partial charge in [0.1, 0.15) is 5.44 Å². The van der Waals surface area contributed by atoms with Gasteiger partial charge in [0.15, 0.2) is 0 Å². The first-order valence-corrected chi connectivity index (χ1v) is 10.8. The lowest BCUT2D eigenvalue weighted by Gasteiger charge is -2.41. The van der Waals surface area contributed by atoms with Gasteiger partial charge in [-0.25, -0.2) is 4.79 Å². The summed E-state index contributed by atoms with van der Waals surface area (Å²) in [5, 5.41) is 10.2. The molecule has 0 saturated carbocycles. The van der Waals surface area contributed by atoms with Gasteiger partial charge >= 0.3 is 13.2 Å². The van der Waals surface area contributed by atoms with Crippen molar-refractivity contribution in [2.24, 2.45) is 5.41 Å². The normalized spacial score (nSPS) is 20.3. The molecule has 166 valence electrons. The van der Waals surface area contributed by atoms with Crippen LogP contribution in [0.2, 0.25) is 0 Å². The monoisotopic (exact) mass is 415 g/mol. The first kappa shape index (κ1) is 24.5. The van der Waals surface area contributed by atoms with Crippen molar-refractivity contribution in [2.75, 3.05) is 6.54 Å². The van der Waals surface area contributed by atoms with Crippen LogP contribution < -0.4 is 0 Å². The van der Waals surface area contributed by atoms with Gasteiger partial charge in [-0.2, -0.15) is 0 Å². The zero-order valence-electron chi connectivity index (χ0n) is 19.9. The molecule has 1 aromatic carbocycles. The molecule has 1 heterocycles. The Hall–Kier alpha value is -1.79. The highest BCUT2D eigenvalue weighted by Crippen LogP contribution is 2.44. The molecule has 6 heteroatoms. The van der Waals surface area contributed by atoms with Crippen LogP contribution >= 0.6 is 0 Å². The van der Waals surface area contributed by atoms with Gasteiger partial charge in [0.2, 0.25) is 0 Å². The molecule has 1 aromatic rings. The van der Waals surface area contributed by atoms with Gasteiger partial charge in [-0.05, 0) is 58.4 Å². The summed E-state index contributed by atoms with van der Waals surface area (Å²) in [6.45, 7) is 16.7. The van der Waals surface area contributed by atoms with Gasteiger partial charge in [-0.3, -0.25) is 0 Å². The van der Waals surface area contributed by atoms with Crippen molar-refractivity contribution < 1.29 is 19.2 Å². The summed E-state index contributed by atoms with van der Waals surface area (Å²) < 4.78 is 12.7. The van der Waals surface area contributed by atoms with Crippen LogP contribution in [0.15, 0.2) is 42.5 Å². The van der Waals surface area contributed by atoms with Gasteiger partial charge in [0.25, 0.3) is 0 Å². The third-order valence-corrected chi connectivity index (χ3v) is 6.23. The van der Waals surface area contributed by atoms with E-state index in [0.717, 1.165) is 18.4 Å². The number of amides is 1. The highest BCUT2D eigenvalue weighted by atomic mass is 16.7. The predicted molar refractivity (Wildman–Crippen MR) is 122 cm³/mol. The third-order valence-electron chi connectivity index (χ3n) is 6.23. The molecule has 0 spiro atoms. The number of carbonyl (C=O) groups is 1. The summed E-state index contributed by atoms with van der Waals surface area (Å²) in [5.74, 6) is 0. The molecule has 0 radical (unpaired) electrons. The van der Waals surface area contributed by atoms with Gasteiger partial charge in [-0.1, -0.05) is 63.3 Å². The van der Waals surface area contributed by atoms with Crippen LogP contribution in [0, 0.1) is 5.41 Å². The molecule has 1 atom stereocenters. The molecule has 1 fully saturated rings. The number of hydrogen-bond donors (Lipinski definition) is 1. The Morgan fingerprint density at radius 1 is 1.07 bits per heavy atom. The van der Waals surface area contributed by atoms with Crippen molar-refractivity contribution in [3.05, 3.63) is 48.0 Å². The summed E-state index contributed by atoms with van der Waals surface area (Å²) in [7, 11) is -0.717. The first-order valence-electron chi connectivity index (χ1n) is 10.8. The Balaban J connectivity index is 2.35. The molecule has 1 N–H and O–H groups in total. The minimum atomic E-state index is -0.980. The fourth-order valence-corrected chi connectivity index (χ4v) is 3.60. The first-order chi connectivity index (χ1) is 13.7. The summed E-state index contributed by atoms with van der Waals surface area (Å²) in [6, 6.07) is 9.66. The van der Waals surface area contributed by atoms with E-state index in [1.165, 1.54) is 4.90 Å². The van der Waals surface area contributed by atoms with Gasteiger partial charge < -0.3 is 19.3 Å². The van der Waals surface area contributed by atoms with E-state index < -0.39 is 29.9 Å². The number of carboxylic acid groups (broad SMARTS) is 1. The smallest absolute Gasteiger partial charge is 0.465 e. The molecule has 0 aliphatic carbocycles. The molecule has 2 rings (SSSR count). The molecular formula is C24H38BNO4. The van der Waals surface area contributed by atoms with E-state index >= 15 is 0 Å². The van der Waals surface area contributed by atoms with E-state index in [9.17, 15) is 9.90 Å². The SMILES string of the molecule is CC(C)(C)C=CCCCN(C(=O)O)[C@@](C)(B1OC(C)(C)C(C)(C)O1)c1ccccc1. The molecule has 0 unspecified atom stereocenters. The Morgan fingerprint density at radius 2 is 1.60 bits per heavy atom. The Kier molecular flexibility index (Phi) is 7.15. The van der Waals surface area contributed by atoms with Crippen molar-refractivity contribution >= 4 is 13.2 Å². The summed E-state index contributed by atoms with van der Waals surface area (Å²) in [5.41, 5.74) is -1.10. The Labute approximate surface area is 182 Å². The summed E-state index contributed by atoms with van der Waals surface area (Å²) in [6.07, 6.45) is 4.86. The van der Waals surface area contributed by atoms with Crippen LogP contribution in [0.3, 0.4) is 0 Å². The van der Waals surface area contributed by atoms with E-state index in [4.69, 9.17) is 9.31 Å². The number of unbranched alkanes of at least 4 members (excludes halogenated alkanes) is 1. The highest BCUT2D eigenvalue weighted by Gasteiger charge is 2.61. The molecule has 1 saturated heterocycles. The molecule has 0 bridgehead atoms. The number of allylic oxidation sites excluding steroid dienone is 2. The van der Waals surface area contributed by atoms with Crippen molar-refractivity contribution in [3.63, 3.8) is 0 Å². The van der Waals surface area contributed by atoms with Crippen LogP contribution in [0.25, 0.3) is 0 Å². The van der Waals surface area contributed by atoms with Crippen LogP contribution in [0.5, 0.6) is 0 Å². The second-order valence-corrected chi connectivity index (χ2v) is 10.4. The predicted octanol–water partition coefficient (Wildman–Crippen LogP) is 5.90. The fraction of sp³-hybridized carbons (Fsp3) is 0.625. The van der Waals surface area contributed by atoms with E-state index in [-0.39, 0.29) is 5.41 Å². The number of rotatable bonds is 7. The van der Waals surface area contributed by atoms with Crippen molar-refractivity contribution in [1.82, 2.24) is 4.90 Å². The topological polar surface area (TPSA) is 59.0 Å². The maximum atomic E-state index is 12.4.